The minimum Gasteiger partial charge on any atom is -0.237 e. The van der Waals surface area contributed by atoms with Gasteiger partial charge in [-0.1, -0.05) is 0 Å². The van der Waals surface area contributed by atoms with E-state index in [4.69, 9.17) is 5.26 Å². The van der Waals surface area contributed by atoms with E-state index in [0.29, 0.717) is 0 Å². The summed E-state index contributed by atoms with van der Waals surface area (Å²) in [7, 11) is 0. The SMILES string of the molecule is N#Cc1ncnn1CCC(F)F. The van der Waals surface area contributed by atoms with Crippen LogP contribution in [0.15, 0.2) is 6.33 Å². The van der Waals surface area contributed by atoms with Crippen molar-refractivity contribution in [3.8, 4) is 6.07 Å². The van der Waals surface area contributed by atoms with Crippen LogP contribution in [0.3, 0.4) is 0 Å². The Kier molecular flexibility index (Phi) is 2.69. The average molecular weight is 172 g/mol. The summed E-state index contributed by atoms with van der Waals surface area (Å²) < 4.78 is 24.6. The maximum absolute atomic E-state index is 11.7. The number of aromatic nitrogens is 3. The van der Waals surface area contributed by atoms with Crippen LogP contribution in [0.4, 0.5) is 8.78 Å². The second kappa shape index (κ2) is 3.76. The van der Waals surface area contributed by atoms with Gasteiger partial charge in [0.15, 0.2) is 0 Å². The van der Waals surface area contributed by atoms with Gasteiger partial charge >= 0.3 is 0 Å². The number of rotatable bonds is 3. The van der Waals surface area contributed by atoms with Gasteiger partial charge in [-0.15, -0.1) is 0 Å². The second-order valence-electron chi connectivity index (χ2n) is 2.10. The van der Waals surface area contributed by atoms with Crippen molar-refractivity contribution in [2.24, 2.45) is 0 Å². The molecule has 0 aliphatic rings. The monoisotopic (exact) mass is 172 g/mol. The first-order valence-corrected chi connectivity index (χ1v) is 3.30. The van der Waals surface area contributed by atoms with E-state index in [9.17, 15) is 8.78 Å². The molecule has 1 aromatic rings. The zero-order valence-electron chi connectivity index (χ0n) is 6.11. The molecule has 1 rings (SSSR count). The Morgan fingerprint density at radius 3 is 3.00 bits per heavy atom. The summed E-state index contributed by atoms with van der Waals surface area (Å²) in [5.41, 5.74) is 0. The smallest absolute Gasteiger partial charge is 0.237 e. The topological polar surface area (TPSA) is 54.5 Å². The van der Waals surface area contributed by atoms with Crippen LogP contribution in [0.2, 0.25) is 0 Å². The third-order valence-corrected chi connectivity index (χ3v) is 1.27. The third kappa shape index (κ3) is 1.99. The first kappa shape index (κ1) is 8.59. The van der Waals surface area contributed by atoms with Gasteiger partial charge in [0.2, 0.25) is 12.2 Å². The second-order valence-corrected chi connectivity index (χ2v) is 2.10. The van der Waals surface area contributed by atoms with Crippen LogP contribution in [0.1, 0.15) is 12.2 Å². The van der Waals surface area contributed by atoms with E-state index in [0.717, 1.165) is 4.68 Å². The minimum atomic E-state index is -2.37. The molecular weight excluding hydrogens is 166 g/mol. The molecule has 0 amide bonds. The molecule has 1 aromatic heterocycles. The van der Waals surface area contributed by atoms with Crippen molar-refractivity contribution >= 4 is 0 Å². The van der Waals surface area contributed by atoms with Crippen LogP contribution in [-0.4, -0.2) is 21.2 Å². The quantitative estimate of drug-likeness (QED) is 0.677. The Labute approximate surface area is 67.4 Å². The maximum atomic E-state index is 11.7. The highest BCUT2D eigenvalue weighted by Crippen LogP contribution is 2.02. The Balaban J connectivity index is 2.58. The van der Waals surface area contributed by atoms with Crippen molar-refractivity contribution in [2.45, 2.75) is 19.4 Å². The van der Waals surface area contributed by atoms with Gasteiger partial charge in [-0.3, -0.25) is 0 Å². The fraction of sp³-hybridized carbons (Fsp3) is 0.500. The van der Waals surface area contributed by atoms with Crippen LogP contribution >= 0.6 is 0 Å². The number of nitrogens with zero attached hydrogens (tertiary/aromatic N) is 4. The fourth-order valence-electron chi connectivity index (χ4n) is 0.734. The lowest BCUT2D eigenvalue weighted by molar-refractivity contribution is 0.130. The molecule has 1 heterocycles. The highest BCUT2D eigenvalue weighted by molar-refractivity contribution is 5.07. The lowest BCUT2D eigenvalue weighted by Crippen LogP contribution is -2.06. The number of halogens is 2. The van der Waals surface area contributed by atoms with Crippen molar-refractivity contribution in [3.63, 3.8) is 0 Å². The summed E-state index contributed by atoms with van der Waals surface area (Å²) in [5, 5.41) is 12.0. The summed E-state index contributed by atoms with van der Waals surface area (Å²) in [6.45, 7) is 0.0283. The summed E-state index contributed by atoms with van der Waals surface area (Å²) in [5.74, 6) is 0.0654. The summed E-state index contributed by atoms with van der Waals surface area (Å²) in [6, 6.07) is 1.74. The largest absolute Gasteiger partial charge is 0.240 e. The van der Waals surface area contributed by atoms with Crippen molar-refractivity contribution in [2.75, 3.05) is 0 Å². The predicted octanol–water partition coefficient (Wildman–Crippen LogP) is 0.805. The molecule has 64 valence electrons. The highest BCUT2D eigenvalue weighted by atomic mass is 19.3. The first-order chi connectivity index (χ1) is 5.74. The van der Waals surface area contributed by atoms with Gasteiger partial charge < -0.3 is 0 Å². The molecule has 0 bridgehead atoms. The Hall–Kier alpha value is -1.51. The highest BCUT2D eigenvalue weighted by Gasteiger charge is 2.06. The third-order valence-electron chi connectivity index (χ3n) is 1.27. The lowest BCUT2D eigenvalue weighted by Gasteiger charge is -1.99. The predicted molar refractivity (Wildman–Crippen MR) is 35.4 cm³/mol. The van der Waals surface area contributed by atoms with Crippen molar-refractivity contribution in [3.05, 3.63) is 12.2 Å². The molecule has 0 spiro atoms. The van der Waals surface area contributed by atoms with E-state index in [-0.39, 0.29) is 18.8 Å². The summed E-state index contributed by atoms with van der Waals surface area (Å²) in [4.78, 5) is 3.56. The van der Waals surface area contributed by atoms with Crippen molar-refractivity contribution in [1.29, 1.82) is 5.26 Å². The molecule has 0 aliphatic heterocycles. The molecular formula is C6H6F2N4. The first-order valence-electron chi connectivity index (χ1n) is 3.30. The van der Waals surface area contributed by atoms with E-state index in [1.807, 2.05) is 0 Å². The summed E-state index contributed by atoms with van der Waals surface area (Å²) >= 11 is 0. The normalized spacial score (nSPS) is 10.2. The van der Waals surface area contributed by atoms with Gasteiger partial charge in [-0.05, 0) is 0 Å². The van der Waals surface area contributed by atoms with E-state index in [2.05, 4.69) is 10.1 Å². The molecule has 0 radical (unpaired) electrons. The molecule has 0 fully saturated rings. The summed E-state index contributed by atoms with van der Waals surface area (Å²) in [6.07, 6.45) is -1.51. The van der Waals surface area contributed by atoms with Gasteiger partial charge in [0.25, 0.3) is 0 Å². The van der Waals surface area contributed by atoms with Gasteiger partial charge in [0.1, 0.15) is 12.4 Å². The molecule has 0 N–H and O–H groups in total. The van der Waals surface area contributed by atoms with Crippen LogP contribution in [0, 0.1) is 11.3 Å². The van der Waals surface area contributed by atoms with Crippen molar-refractivity contribution in [1.82, 2.24) is 14.8 Å². The van der Waals surface area contributed by atoms with Gasteiger partial charge in [-0.25, -0.2) is 18.4 Å². The Morgan fingerprint density at radius 1 is 1.67 bits per heavy atom. The standard InChI is InChI=1S/C6H6F2N4/c7-5(8)1-2-12-6(3-9)10-4-11-12/h4-5H,1-2H2. The molecule has 0 aliphatic carbocycles. The number of hydrogen-bond donors (Lipinski definition) is 0. The van der Waals surface area contributed by atoms with E-state index >= 15 is 0 Å². The van der Waals surface area contributed by atoms with E-state index in [1.165, 1.54) is 6.33 Å². The molecule has 0 saturated carbocycles. The Morgan fingerprint density at radius 2 is 2.42 bits per heavy atom. The Bertz CT molecular complexity index is 288. The number of aryl methyl sites for hydroxylation is 1. The molecule has 4 nitrogen and oxygen atoms in total. The van der Waals surface area contributed by atoms with Crippen LogP contribution < -0.4 is 0 Å². The number of alkyl halides is 2. The molecule has 0 saturated heterocycles. The van der Waals surface area contributed by atoms with Crippen LogP contribution in [0.5, 0.6) is 0 Å². The molecule has 12 heavy (non-hydrogen) atoms. The average Bonchev–Trinajstić information content (AvgIpc) is 2.47. The molecule has 0 unspecified atom stereocenters. The lowest BCUT2D eigenvalue weighted by atomic mass is 10.4. The molecule has 6 heteroatoms. The number of hydrogen-bond acceptors (Lipinski definition) is 3. The zero-order valence-corrected chi connectivity index (χ0v) is 6.11. The van der Waals surface area contributed by atoms with Gasteiger partial charge in [0, 0.05) is 13.0 Å². The van der Waals surface area contributed by atoms with Gasteiger partial charge in [-0.2, -0.15) is 10.4 Å². The number of nitriles is 1. The van der Waals surface area contributed by atoms with Crippen LogP contribution in [-0.2, 0) is 6.54 Å². The molecule has 0 atom stereocenters. The minimum absolute atomic E-state index is 0.0283. The van der Waals surface area contributed by atoms with Crippen molar-refractivity contribution < 1.29 is 8.78 Å². The fourth-order valence-corrected chi connectivity index (χ4v) is 0.734. The van der Waals surface area contributed by atoms with Crippen LogP contribution in [0.25, 0.3) is 0 Å². The van der Waals surface area contributed by atoms with E-state index < -0.39 is 6.43 Å². The zero-order chi connectivity index (χ0) is 8.97. The molecule has 0 aromatic carbocycles. The van der Waals surface area contributed by atoms with E-state index in [1.54, 1.807) is 6.07 Å². The van der Waals surface area contributed by atoms with Gasteiger partial charge in [0.05, 0.1) is 0 Å². The maximum Gasteiger partial charge on any atom is 0.240 e.